The Morgan fingerprint density at radius 1 is 0.758 bits per heavy atom. The summed E-state index contributed by atoms with van der Waals surface area (Å²) in [6.45, 7) is -0.0215. The van der Waals surface area contributed by atoms with Crippen LogP contribution in [0.5, 0.6) is 0 Å². The van der Waals surface area contributed by atoms with E-state index in [0.717, 1.165) is 33.6 Å². The molecule has 0 aromatic heterocycles. The molecule has 172 valence electrons. The molecule has 0 bridgehead atoms. The first-order valence-corrected chi connectivity index (χ1v) is 11.7. The number of carbonyl (C=O) groups excluding carboxylic acids is 1. The number of sulfonamides is 1. The smallest absolute Gasteiger partial charge is 0.336 e. The predicted octanol–water partition coefficient (Wildman–Crippen LogP) is 4.52. The maximum absolute atomic E-state index is 13.3. The summed E-state index contributed by atoms with van der Waals surface area (Å²) in [5.74, 6) is -0.248. The molecule has 0 unspecified atom stereocenters. The number of alkyl halides is 3. The van der Waals surface area contributed by atoms with Gasteiger partial charge in [-0.3, -0.25) is 4.79 Å². The molecule has 1 heterocycles. The summed E-state index contributed by atoms with van der Waals surface area (Å²) in [6.07, 6.45) is -4.79. The van der Waals surface area contributed by atoms with Crippen molar-refractivity contribution in [3.05, 3.63) is 90.0 Å². The minimum Gasteiger partial charge on any atom is -0.336 e. The molecule has 1 saturated heterocycles. The average Bonchev–Trinajstić information content (AvgIpc) is 2.84. The van der Waals surface area contributed by atoms with Crippen LogP contribution < -0.4 is 0 Å². The van der Waals surface area contributed by atoms with Crippen molar-refractivity contribution in [3.8, 4) is 11.1 Å². The van der Waals surface area contributed by atoms with Gasteiger partial charge in [-0.05, 0) is 29.3 Å². The number of nitrogens with zero attached hydrogens (tertiary/aromatic N) is 2. The van der Waals surface area contributed by atoms with Crippen LogP contribution in [0, 0.1) is 0 Å². The Bertz CT molecular complexity index is 1250. The van der Waals surface area contributed by atoms with Crippen molar-refractivity contribution in [1.82, 2.24) is 9.21 Å². The topological polar surface area (TPSA) is 57.7 Å². The summed E-state index contributed by atoms with van der Waals surface area (Å²) in [4.78, 5) is 14.0. The molecule has 0 atom stereocenters. The van der Waals surface area contributed by atoms with Crippen molar-refractivity contribution >= 4 is 15.9 Å². The van der Waals surface area contributed by atoms with E-state index < -0.39 is 26.7 Å². The Morgan fingerprint density at radius 3 is 2.00 bits per heavy atom. The molecule has 3 aromatic rings. The minimum absolute atomic E-state index is 0.0787. The van der Waals surface area contributed by atoms with Gasteiger partial charge in [0.1, 0.15) is 0 Å². The van der Waals surface area contributed by atoms with Crippen LogP contribution in [0.2, 0.25) is 0 Å². The lowest BCUT2D eigenvalue weighted by molar-refractivity contribution is -0.139. The number of amides is 1. The molecule has 1 aliphatic rings. The molecule has 5 nitrogen and oxygen atoms in total. The molecule has 9 heteroatoms. The number of benzene rings is 3. The van der Waals surface area contributed by atoms with Crippen LogP contribution in [-0.4, -0.2) is 49.7 Å². The highest BCUT2D eigenvalue weighted by Gasteiger charge is 2.39. The third-order valence-electron chi connectivity index (χ3n) is 5.58. The third kappa shape index (κ3) is 4.65. The van der Waals surface area contributed by atoms with E-state index in [1.807, 2.05) is 42.5 Å². The predicted molar refractivity (Wildman–Crippen MR) is 118 cm³/mol. The van der Waals surface area contributed by atoms with E-state index in [4.69, 9.17) is 0 Å². The van der Waals surface area contributed by atoms with Crippen LogP contribution in [-0.2, 0) is 16.2 Å². The number of piperazine rings is 1. The Labute approximate surface area is 190 Å². The maximum atomic E-state index is 13.3. The van der Waals surface area contributed by atoms with E-state index >= 15 is 0 Å². The van der Waals surface area contributed by atoms with Crippen LogP contribution in [0.4, 0.5) is 13.2 Å². The Balaban J connectivity index is 1.54. The van der Waals surface area contributed by atoms with E-state index in [1.54, 1.807) is 12.1 Å². The minimum atomic E-state index is -4.79. The van der Waals surface area contributed by atoms with Crippen molar-refractivity contribution in [3.63, 3.8) is 0 Å². The molecular weight excluding hydrogens is 453 g/mol. The van der Waals surface area contributed by atoms with Crippen LogP contribution in [0.1, 0.15) is 15.9 Å². The normalized spacial score (nSPS) is 15.4. The van der Waals surface area contributed by atoms with Crippen LogP contribution in [0.15, 0.2) is 83.8 Å². The highest BCUT2D eigenvalue weighted by Crippen LogP contribution is 2.35. The molecular formula is C24H21F3N2O3S. The van der Waals surface area contributed by atoms with E-state index in [1.165, 1.54) is 11.0 Å². The van der Waals surface area contributed by atoms with Gasteiger partial charge in [-0.25, -0.2) is 8.42 Å². The fourth-order valence-corrected chi connectivity index (χ4v) is 5.54. The monoisotopic (exact) mass is 474 g/mol. The molecule has 0 saturated carbocycles. The van der Waals surface area contributed by atoms with Crippen LogP contribution in [0.3, 0.4) is 0 Å². The van der Waals surface area contributed by atoms with Gasteiger partial charge >= 0.3 is 6.18 Å². The van der Waals surface area contributed by atoms with E-state index in [2.05, 4.69) is 0 Å². The molecule has 33 heavy (non-hydrogen) atoms. The highest BCUT2D eigenvalue weighted by atomic mass is 32.2. The quantitative estimate of drug-likeness (QED) is 0.559. The second-order valence-corrected chi connectivity index (χ2v) is 9.51. The van der Waals surface area contributed by atoms with Gasteiger partial charge in [0.25, 0.3) is 5.91 Å². The zero-order valence-corrected chi connectivity index (χ0v) is 18.3. The van der Waals surface area contributed by atoms with E-state index in [-0.39, 0.29) is 32.1 Å². The van der Waals surface area contributed by atoms with Gasteiger partial charge in [0, 0.05) is 31.7 Å². The fourth-order valence-electron chi connectivity index (χ4n) is 3.91. The van der Waals surface area contributed by atoms with Crippen LogP contribution in [0.25, 0.3) is 11.1 Å². The second-order valence-electron chi connectivity index (χ2n) is 7.60. The maximum Gasteiger partial charge on any atom is 0.417 e. The van der Waals surface area contributed by atoms with E-state index in [0.29, 0.717) is 5.56 Å². The number of carbonyl (C=O) groups is 1. The van der Waals surface area contributed by atoms with Gasteiger partial charge < -0.3 is 4.90 Å². The molecule has 0 radical (unpaired) electrons. The summed E-state index contributed by atoms with van der Waals surface area (Å²) in [6, 6.07) is 20.7. The summed E-state index contributed by atoms with van der Waals surface area (Å²) in [5.41, 5.74) is 0.936. The zero-order valence-electron chi connectivity index (χ0n) is 17.5. The fraction of sp³-hybridized carbons (Fsp3) is 0.208. The van der Waals surface area contributed by atoms with Gasteiger partial charge in [-0.15, -0.1) is 0 Å². The molecule has 1 aliphatic heterocycles. The Kier molecular flexibility index (Phi) is 6.27. The molecule has 0 aliphatic carbocycles. The van der Waals surface area contributed by atoms with Crippen molar-refractivity contribution in [1.29, 1.82) is 0 Å². The average molecular weight is 475 g/mol. The summed E-state index contributed by atoms with van der Waals surface area (Å²) < 4.78 is 67.0. The second kappa shape index (κ2) is 8.99. The van der Waals surface area contributed by atoms with E-state index in [9.17, 15) is 26.4 Å². The van der Waals surface area contributed by atoms with Gasteiger partial charge in [-0.1, -0.05) is 60.7 Å². The van der Waals surface area contributed by atoms with Gasteiger partial charge in [0.05, 0.1) is 10.5 Å². The van der Waals surface area contributed by atoms with Gasteiger partial charge in [-0.2, -0.15) is 17.5 Å². The molecule has 0 N–H and O–H groups in total. The summed E-state index contributed by atoms with van der Waals surface area (Å²) in [5, 5.41) is 0. The SMILES string of the molecule is O=C(c1ccccc1-c1ccccc1)N1CCN(S(=O)(=O)c2ccccc2C(F)(F)F)CC1. The number of rotatable bonds is 4. The Morgan fingerprint density at radius 2 is 1.33 bits per heavy atom. The molecule has 0 spiro atoms. The van der Waals surface area contributed by atoms with Crippen LogP contribution >= 0.6 is 0 Å². The molecule has 3 aromatic carbocycles. The first-order valence-electron chi connectivity index (χ1n) is 10.3. The largest absolute Gasteiger partial charge is 0.417 e. The number of hydrogen-bond acceptors (Lipinski definition) is 3. The summed E-state index contributed by atoms with van der Waals surface area (Å²) >= 11 is 0. The first-order chi connectivity index (χ1) is 15.7. The van der Waals surface area contributed by atoms with Crippen molar-refractivity contribution in [2.24, 2.45) is 0 Å². The molecule has 1 amide bonds. The van der Waals surface area contributed by atoms with Gasteiger partial charge in [0.15, 0.2) is 0 Å². The zero-order chi connectivity index (χ0) is 23.6. The molecule has 4 rings (SSSR count). The number of hydrogen-bond donors (Lipinski definition) is 0. The van der Waals surface area contributed by atoms with Crippen molar-refractivity contribution in [2.45, 2.75) is 11.1 Å². The summed E-state index contributed by atoms with van der Waals surface area (Å²) in [7, 11) is -4.37. The standard InChI is InChI=1S/C24H21F3N2O3S/c25-24(26,27)21-12-6-7-13-22(21)33(31,32)29-16-14-28(15-17-29)23(30)20-11-5-4-10-19(20)18-8-2-1-3-9-18/h1-13H,14-17H2. The lowest BCUT2D eigenvalue weighted by Crippen LogP contribution is -2.50. The lowest BCUT2D eigenvalue weighted by atomic mass is 9.99. The first kappa shape index (κ1) is 23.0. The third-order valence-corrected chi connectivity index (χ3v) is 7.54. The lowest BCUT2D eigenvalue weighted by Gasteiger charge is -2.34. The van der Waals surface area contributed by atoms with Crippen molar-refractivity contribution < 1.29 is 26.4 Å². The van der Waals surface area contributed by atoms with Gasteiger partial charge in [0.2, 0.25) is 10.0 Å². The van der Waals surface area contributed by atoms with Crippen molar-refractivity contribution in [2.75, 3.05) is 26.2 Å². The molecule has 1 fully saturated rings. The Hall–Kier alpha value is -3.17. The number of halogens is 3. The highest BCUT2D eigenvalue weighted by molar-refractivity contribution is 7.89.